The largest absolute Gasteiger partial charge is 0.444 e. The predicted molar refractivity (Wildman–Crippen MR) is 133 cm³/mol. The Hall–Kier alpha value is -2.66. The topological polar surface area (TPSA) is 54.5 Å². The fourth-order valence-corrected chi connectivity index (χ4v) is 4.96. The molecule has 1 unspecified atom stereocenters. The second-order valence-electron chi connectivity index (χ2n) is 10.2. The highest BCUT2D eigenvalue weighted by Gasteiger charge is 2.28. The lowest BCUT2D eigenvalue weighted by Crippen LogP contribution is -2.34. The van der Waals surface area contributed by atoms with Gasteiger partial charge in [-0.15, -0.1) is 0 Å². The van der Waals surface area contributed by atoms with E-state index in [1.807, 2.05) is 27.0 Å². The number of rotatable bonds is 8. The van der Waals surface area contributed by atoms with Gasteiger partial charge < -0.3 is 10.1 Å². The molecule has 0 saturated carbocycles. The number of carbonyl (C=O) groups is 1. The van der Waals surface area contributed by atoms with E-state index < -0.39 is 5.60 Å². The van der Waals surface area contributed by atoms with Crippen molar-refractivity contribution in [1.29, 1.82) is 0 Å². The molecule has 1 aromatic carbocycles. The molecule has 5 nitrogen and oxygen atoms in total. The Morgan fingerprint density at radius 1 is 1.21 bits per heavy atom. The Bertz CT molecular complexity index is 993. The molecular weight excluding hydrogens is 410 g/mol. The van der Waals surface area contributed by atoms with Gasteiger partial charge in [0, 0.05) is 19.3 Å². The Balaban J connectivity index is 1.42. The number of fused-ring (bicyclic) bond motifs is 2. The maximum Gasteiger partial charge on any atom is 0.407 e. The van der Waals surface area contributed by atoms with E-state index in [-0.39, 0.29) is 6.09 Å². The smallest absolute Gasteiger partial charge is 0.407 e. The van der Waals surface area contributed by atoms with Crippen molar-refractivity contribution in [2.75, 3.05) is 13.1 Å². The maximum absolute atomic E-state index is 11.9. The number of hydrogen-bond acceptors (Lipinski definition) is 4. The van der Waals surface area contributed by atoms with Crippen LogP contribution in [-0.2, 0) is 24.1 Å². The molecule has 176 valence electrons. The van der Waals surface area contributed by atoms with Crippen LogP contribution in [0.15, 0.2) is 42.6 Å². The van der Waals surface area contributed by atoms with Crippen LogP contribution >= 0.6 is 0 Å². The Morgan fingerprint density at radius 3 is 2.94 bits per heavy atom. The number of nitrogens with zero attached hydrogens (tertiary/aromatic N) is 2. The van der Waals surface area contributed by atoms with Gasteiger partial charge in [0.25, 0.3) is 0 Å². The van der Waals surface area contributed by atoms with Crippen molar-refractivity contribution in [3.8, 4) is 0 Å². The number of allylic oxidation sites excluding steroid dienone is 1. The molecule has 1 aromatic heterocycles. The van der Waals surface area contributed by atoms with Gasteiger partial charge in [0.05, 0.1) is 11.7 Å². The van der Waals surface area contributed by atoms with Crippen LogP contribution in [0.2, 0.25) is 0 Å². The minimum atomic E-state index is -0.465. The summed E-state index contributed by atoms with van der Waals surface area (Å²) >= 11 is 0. The molecule has 33 heavy (non-hydrogen) atoms. The number of nitrogens with one attached hydrogen (secondary N) is 1. The molecule has 0 saturated heterocycles. The van der Waals surface area contributed by atoms with E-state index in [2.05, 4.69) is 52.7 Å². The number of hydrogen-bond donors (Lipinski definition) is 1. The van der Waals surface area contributed by atoms with Crippen LogP contribution in [0.3, 0.4) is 0 Å². The number of pyridine rings is 1. The first-order valence-electron chi connectivity index (χ1n) is 12.3. The number of carbonyl (C=O) groups excluding carboxylic acids is 1. The summed E-state index contributed by atoms with van der Waals surface area (Å²) < 4.78 is 5.35. The number of alkyl carbamates (subject to hydrolysis) is 1. The van der Waals surface area contributed by atoms with Gasteiger partial charge in [-0.1, -0.05) is 36.4 Å². The summed E-state index contributed by atoms with van der Waals surface area (Å²) in [5, 5.41) is 2.89. The molecule has 4 rings (SSSR count). The zero-order valence-electron chi connectivity index (χ0n) is 20.3. The van der Waals surface area contributed by atoms with Crippen molar-refractivity contribution in [3.05, 3.63) is 70.6 Å². The van der Waals surface area contributed by atoms with Gasteiger partial charge in [0.2, 0.25) is 0 Å². The summed E-state index contributed by atoms with van der Waals surface area (Å²) in [6, 6.07) is 11.3. The summed E-state index contributed by atoms with van der Waals surface area (Å²) in [6.07, 6.45) is 12.5. The molecule has 5 heteroatoms. The third kappa shape index (κ3) is 6.23. The lowest BCUT2D eigenvalue weighted by molar-refractivity contribution is 0.0526. The van der Waals surface area contributed by atoms with Crippen molar-refractivity contribution in [2.45, 2.75) is 77.5 Å². The number of ether oxygens (including phenoxy) is 1. The van der Waals surface area contributed by atoms with E-state index in [0.29, 0.717) is 12.6 Å². The summed E-state index contributed by atoms with van der Waals surface area (Å²) in [5.74, 6) is 0. The molecule has 2 aliphatic carbocycles. The van der Waals surface area contributed by atoms with Gasteiger partial charge in [-0.25, -0.2) is 4.79 Å². The van der Waals surface area contributed by atoms with Gasteiger partial charge in [-0.3, -0.25) is 9.88 Å². The molecule has 0 radical (unpaired) electrons. The lowest BCUT2D eigenvalue weighted by Gasteiger charge is -2.35. The van der Waals surface area contributed by atoms with Crippen molar-refractivity contribution in [3.63, 3.8) is 0 Å². The van der Waals surface area contributed by atoms with Crippen LogP contribution in [0.25, 0.3) is 6.08 Å². The summed E-state index contributed by atoms with van der Waals surface area (Å²) in [6.45, 7) is 8.20. The zero-order chi connectivity index (χ0) is 23.3. The van der Waals surface area contributed by atoms with Gasteiger partial charge in [0.1, 0.15) is 5.60 Å². The molecule has 0 spiro atoms. The highest BCUT2D eigenvalue weighted by Crippen LogP contribution is 2.35. The fourth-order valence-electron chi connectivity index (χ4n) is 4.96. The molecule has 2 aromatic rings. The third-order valence-electron chi connectivity index (χ3n) is 6.45. The molecule has 0 fully saturated rings. The molecule has 1 heterocycles. The van der Waals surface area contributed by atoms with E-state index in [0.717, 1.165) is 45.2 Å². The Labute approximate surface area is 198 Å². The molecule has 1 amide bonds. The highest BCUT2D eigenvalue weighted by atomic mass is 16.6. The van der Waals surface area contributed by atoms with Gasteiger partial charge in [-0.05, 0) is 94.2 Å². The third-order valence-corrected chi connectivity index (χ3v) is 6.45. The van der Waals surface area contributed by atoms with Crippen molar-refractivity contribution in [1.82, 2.24) is 15.2 Å². The highest BCUT2D eigenvalue weighted by molar-refractivity contribution is 5.67. The SMILES string of the molecule is CC(C)(C)OC(=O)NCCCCN(Cc1cccc2c1CC=C2)C1CCCc2cccnc21. The van der Waals surface area contributed by atoms with Crippen molar-refractivity contribution in [2.24, 2.45) is 0 Å². The first kappa shape index (κ1) is 23.5. The average molecular weight is 448 g/mol. The summed E-state index contributed by atoms with van der Waals surface area (Å²) in [5.41, 5.74) is 6.42. The second kappa shape index (κ2) is 10.5. The standard InChI is InChI=1S/C28H37N3O2/c1-28(2,3)33-27(32)30-17-4-5-19-31(20-23-13-6-10-21-11-7-15-24(21)23)25-16-8-12-22-14-9-18-29-26(22)25/h6-7,9-11,13-14,18,25H,4-5,8,12,15-17,19-20H2,1-3H3,(H,30,32). The van der Waals surface area contributed by atoms with Crippen LogP contribution in [-0.4, -0.2) is 34.7 Å². The summed E-state index contributed by atoms with van der Waals surface area (Å²) in [7, 11) is 0. The monoisotopic (exact) mass is 447 g/mol. The van der Waals surface area contributed by atoms with Crippen molar-refractivity contribution >= 4 is 12.2 Å². The van der Waals surface area contributed by atoms with Crippen LogP contribution in [0.1, 0.15) is 80.4 Å². The minimum Gasteiger partial charge on any atom is -0.444 e. The van der Waals surface area contributed by atoms with E-state index >= 15 is 0 Å². The van der Waals surface area contributed by atoms with Crippen LogP contribution in [0.5, 0.6) is 0 Å². The van der Waals surface area contributed by atoms with E-state index in [4.69, 9.17) is 9.72 Å². The number of aryl methyl sites for hydroxylation is 1. The first-order chi connectivity index (χ1) is 15.9. The maximum atomic E-state index is 11.9. The summed E-state index contributed by atoms with van der Waals surface area (Å²) in [4.78, 5) is 19.4. The van der Waals surface area contributed by atoms with Gasteiger partial charge in [0.15, 0.2) is 0 Å². The number of benzene rings is 1. The number of unbranched alkanes of at least 4 members (excludes halogenated alkanes) is 1. The molecule has 0 bridgehead atoms. The van der Waals surface area contributed by atoms with Gasteiger partial charge >= 0.3 is 6.09 Å². The average Bonchev–Trinajstić information content (AvgIpc) is 3.26. The van der Waals surface area contributed by atoms with Crippen LogP contribution in [0, 0.1) is 0 Å². The predicted octanol–water partition coefficient (Wildman–Crippen LogP) is 5.84. The van der Waals surface area contributed by atoms with Gasteiger partial charge in [-0.2, -0.15) is 0 Å². The second-order valence-corrected chi connectivity index (χ2v) is 10.2. The molecule has 1 atom stereocenters. The number of aromatic nitrogens is 1. The Morgan fingerprint density at radius 2 is 2.09 bits per heavy atom. The quantitative estimate of drug-likeness (QED) is 0.517. The van der Waals surface area contributed by atoms with E-state index in [9.17, 15) is 4.79 Å². The minimum absolute atomic E-state index is 0.336. The van der Waals surface area contributed by atoms with Crippen molar-refractivity contribution < 1.29 is 9.53 Å². The fraction of sp³-hybridized carbons (Fsp3) is 0.500. The number of amides is 1. The van der Waals surface area contributed by atoms with Crippen LogP contribution in [0.4, 0.5) is 4.79 Å². The first-order valence-corrected chi connectivity index (χ1v) is 12.3. The lowest BCUT2D eigenvalue weighted by atomic mass is 9.90. The molecule has 1 N–H and O–H groups in total. The van der Waals surface area contributed by atoms with E-state index in [1.165, 1.54) is 34.4 Å². The van der Waals surface area contributed by atoms with E-state index in [1.54, 1.807) is 0 Å². The zero-order valence-corrected chi connectivity index (χ0v) is 20.3. The Kier molecular flexibility index (Phi) is 7.49. The normalized spacial score (nSPS) is 17.0. The molecular formula is C28H37N3O2. The molecule has 0 aliphatic heterocycles. The van der Waals surface area contributed by atoms with Crippen LogP contribution < -0.4 is 5.32 Å². The molecule has 2 aliphatic rings.